The summed E-state index contributed by atoms with van der Waals surface area (Å²) < 4.78 is 26.7. The lowest BCUT2D eigenvalue weighted by Gasteiger charge is -2.18. The van der Waals surface area contributed by atoms with Crippen molar-refractivity contribution in [1.29, 1.82) is 0 Å². The Morgan fingerprint density at radius 2 is 1.96 bits per heavy atom. The molecule has 0 fully saturated rings. The lowest BCUT2D eigenvalue weighted by Crippen LogP contribution is -2.29. The highest BCUT2D eigenvalue weighted by atomic mass is 32.2. The van der Waals surface area contributed by atoms with Gasteiger partial charge >= 0.3 is 0 Å². The van der Waals surface area contributed by atoms with Gasteiger partial charge in [0.2, 0.25) is 11.8 Å². The predicted octanol–water partition coefficient (Wildman–Crippen LogP) is 1.64. The van der Waals surface area contributed by atoms with Crippen LogP contribution in [0.3, 0.4) is 0 Å². The van der Waals surface area contributed by atoms with Crippen molar-refractivity contribution in [3.63, 3.8) is 0 Å². The van der Waals surface area contributed by atoms with Gasteiger partial charge in [-0.25, -0.2) is 8.42 Å². The summed E-state index contributed by atoms with van der Waals surface area (Å²) in [6.45, 7) is 1.59. The van der Waals surface area contributed by atoms with Gasteiger partial charge in [-0.15, -0.1) is 0 Å². The minimum absolute atomic E-state index is 0.0203. The fourth-order valence-corrected chi connectivity index (χ4v) is 4.43. The van der Waals surface area contributed by atoms with E-state index in [0.717, 1.165) is 11.3 Å². The summed E-state index contributed by atoms with van der Waals surface area (Å²) in [6, 6.07) is 11.0. The van der Waals surface area contributed by atoms with Gasteiger partial charge in [-0.05, 0) is 49.2 Å². The fourth-order valence-electron chi connectivity index (χ4n) is 3.19. The number of benzene rings is 2. The molecule has 0 aliphatic carbocycles. The van der Waals surface area contributed by atoms with Crippen molar-refractivity contribution >= 4 is 39.0 Å². The van der Waals surface area contributed by atoms with Crippen LogP contribution in [0.25, 0.3) is 0 Å². The fraction of sp³-hybridized carbons (Fsp3) is 0.211. The molecule has 0 unspecified atom stereocenters. The summed E-state index contributed by atoms with van der Waals surface area (Å²) in [5.41, 5.74) is 2.75. The zero-order chi connectivity index (χ0) is 19.9. The second-order valence-corrected chi connectivity index (χ2v) is 8.32. The first kappa shape index (κ1) is 18.2. The van der Waals surface area contributed by atoms with E-state index in [4.69, 9.17) is 0 Å². The summed E-state index contributed by atoms with van der Waals surface area (Å²) in [7, 11) is -3.65. The molecule has 0 bridgehead atoms. The molecule has 0 saturated carbocycles. The Labute approximate surface area is 162 Å². The van der Waals surface area contributed by atoms with E-state index >= 15 is 0 Å². The number of aryl methyl sites for hydroxylation is 1. The maximum atomic E-state index is 12.5. The molecule has 1 atom stereocenters. The van der Waals surface area contributed by atoms with E-state index in [1.807, 2.05) is 6.07 Å². The molecule has 2 aromatic carbocycles. The highest BCUT2D eigenvalue weighted by Crippen LogP contribution is 2.26. The monoisotopic (exact) mass is 398 g/mol. The quantitative estimate of drug-likeness (QED) is 0.729. The first-order chi connectivity index (χ1) is 13.3. The molecular weight excluding hydrogens is 380 g/mol. The number of carbonyl (C=O) groups excluding carboxylic acids is 2. The number of nitrogens with one attached hydrogen (secondary N) is 3. The number of amidine groups is 1. The third-order valence-corrected chi connectivity index (χ3v) is 6.03. The first-order valence-electron chi connectivity index (χ1n) is 8.77. The van der Waals surface area contributed by atoms with Crippen molar-refractivity contribution < 1.29 is 18.0 Å². The highest BCUT2D eigenvalue weighted by Gasteiger charge is 2.31. The average molecular weight is 398 g/mol. The molecule has 2 aromatic rings. The number of carbonyl (C=O) groups is 2. The molecule has 3 N–H and O–H groups in total. The maximum Gasteiger partial charge on any atom is 0.263 e. The van der Waals surface area contributed by atoms with Crippen LogP contribution in [0.4, 0.5) is 11.4 Å². The third-order valence-electron chi connectivity index (χ3n) is 4.63. The maximum absolute atomic E-state index is 12.5. The Morgan fingerprint density at radius 1 is 1.18 bits per heavy atom. The average Bonchev–Trinajstić information content (AvgIpc) is 2.92. The molecule has 9 heteroatoms. The first-order valence-corrected chi connectivity index (χ1v) is 10.3. The van der Waals surface area contributed by atoms with Crippen LogP contribution in [0.1, 0.15) is 24.5 Å². The summed E-state index contributed by atoms with van der Waals surface area (Å²) in [5, 5.41) is 5.58. The third kappa shape index (κ3) is 3.36. The Kier molecular flexibility index (Phi) is 4.38. The van der Waals surface area contributed by atoms with Crippen molar-refractivity contribution in [2.75, 3.05) is 10.6 Å². The van der Waals surface area contributed by atoms with Crippen LogP contribution in [0.5, 0.6) is 0 Å². The van der Waals surface area contributed by atoms with Gasteiger partial charge < -0.3 is 10.6 Å². The molecule has 144 valence electrons. The molecule has 0 spiro atoms. The molecule has 2 heterocycles. The number of nitrogens with zero attached hydrogens (tertiary/aromatic N) is 1. The summed E-state index contributed by atoms with van der Waals surface area (Å²) in [4.78, 5) is 28.4. The van der Waals surface area contributed by atoms with Crippen LogP contribution >= 0.6 is 0 Å². The Hall–Kier alpha value is -3.20. The van der Waals surface area contributed by atoms with Crippen LogP contribution in [0.15, 0.2) is 52.4 Å². The standard InChI is InChI=1S/C19H18N4O4S/c1-11(20-18-14-4-2-3-5-16(14)28(26,27)23-18)19(25)21-13-7-8-15-12(10-13)6-9-17(24)22-15/h2-5,7-8,10-11H,6,9H2,1H3,(H,20,23)(H,21,25)(H,22,24)/t11-/m0/s1. The van der Waals surface area contributed by atoms with Crippen molar-refractivity contribution in [3.8, 4) is 0 Å². The smallest absolute Gasteiger partial charge is 0.263 e. The van der Waals surface area contributed by atoms with E-state index < -0.39 is 16.1 Å². The van der Waals surface area contributed by atoms with Gasteiger partial charge in [0.05, 0.1) is 4.90 Å². The molecule has 2 aliphatic rings. The minimum atomic E-state index is -3.65. The number of hydrogen-bond donors (Lipinski definition) is 3. The number of hydrogen-bond acceptors (Lipinski definition) is 5. The van der Waals surface area contributed by atoms with Crippen molar-refractivity contribution in [2.24, 2.45) is 4.99 Å². The van der Waals surface area contributed by atoms with Crippen molar-refractivity contribution in [1.82, 2.24) is 4.72 Å². The summed E-state index contributed by atoms with van der Waals surface area (Å²) in [5.74, 6) is -0.227. The molecule has 28 heavy (non-hydrogen) atoms. The lowest BCUT2D eigenvalue weighted by atomic mass is 10.0. The van der Waals surface area contributed by atoms with Gasteiger partial charge in [0.15, 0.2) is 0 Å². The molecule has 2 amide bonds. The lowest BCUT2D eigenvalue weighted by molar-refractivity contribution is -0.117. The normalized spacial score (nSPS) is 19.2. The Balaban J connectivity index is 1.52. The van der Waals surface area contributed by atoms with Crippen molar-refractivity contribution in [2.45, 2.75) is 30.7 Å². The van der Waals surface area contributed by atoms with Gasteiger partial charge in [-0.1, -0.05) is 12.1 Å². The predicted molar refractivity (Wildman–Crippen MR) is 105 cm³/mol. The molecular formula is C19H18N4O4S. The molecule has 4 rings (SSSR count). The zero-order valence-electron chi connectivity index (χ0n) is 15.0. The van der Waals surface area contributed by atoms with Gasteiger partial charge in [0.25, 0.3) is 10.0 Å². The Morgan fingerprint density at radius 3 is 2.79 bits per heavy atom. The van der Waals surface area contributed by atoms with E-state index in [-0.39, 0.29) is 22.5 Å². The van der Waals surface area contributed by atoms with Crippen LogP contribution in [-0.4, -0.2) is 32.1 Å². The largest absolute Gasteiger partial charge is 0.326 e. The van der Waals surface area contributed by atoms with Gasteiger partial charge in [0, 0.05) is 23.4 Å². The minimum Gasteiger partial charge on any atom is -0.326 e. The van der Waals surface area contributed by atoms with E-state index in [1.165, 1.54) is 6.07 Å². The van der Waals surface area contributed by atoms with Crippen LogP contribution < -0.4 is 15.4 Å². The molecule has 8 nitrogen and oxygen atoms in total. The van der Waals surface area contributed by atoms with Crippen LogP contribution in [-0.2, 0) is 26.0 Å². The van der Waals surface area contributed by atoms with Gasteiger partial charge in [-0.2, -0.15) is 0 Å². The summed E-state index contributed by atoms with van der Waals surface area (Å²) in [6.07, 6.45) is 1.02. The number of fused-ring (bicyclic) bond motifs is 2. The Bertz CT molecular complexity index is 1120. The molecule has 0 aromatic heterocycles. The van der Waals surface area contributed by atoms with Crippen LogP contribution in [0.2, 0.25) is 0 Å². The topological polar surface area (TPSA) is 117 Å². The van der Waals surface area contributed by atoms with Crippen LogP contribution in [0, 0.1) is 0 Å². The van der Waals surface area contributed by atoms with E-state index in [1.54, 1.807) is 37.3 Å². The van der Waals surface area contributed by atoms with Gasteiger partial charge in [-0.3, -0.25) is 19.3 Å². The second-order valence-electron chi connectivity index (χ2n) is 6.66. The SMILES string of the molecule is C[C@H](N=C1NS(=O)(=O)c2ccccc21)C(=O)Nc1ccc2c(c1)CCC(=O)N2. The number of amides is 2. The molecule has 2 aliphatic heterocycles. The zero-order valence-corrected chi connectivity index (χ0v) is 15.8. The highest BCUT2D eigenvalue weighted by molar-refractivity contribution is 7.90. The van der Waals surface area contributed by atoms with E-state index in [2.05, 4.69) is 20.3 Å². The number of rotatable bonds is 3. The van der Waals surface area contributed by atoms with E-state index in [9.17, 15) is 18.0 Å². The summed E-state index contributed by atoms with van der Waals surface area (Å²) >= 11 is 0. The number of aliphatic imine (C=N–C) groups is 1. The van der Waals surface area contributed by atoms with Gasteiger partial charge in [0.1, 0.15) is 11.9 Å². The number of anilines is 2. The van der Waals surface area contributed by atoms with E-state index in [0.29, 0.717) is 24.1 Å². The number of sulfonamides is 1. The molecule has 0 radical (unpaired) electrons. The molecule has 0 saturated heterocycles. The second kappa shape index (κ2) is 6.75. The van der Waals surface area contributed by atoms with Crippen molar-refractivity contribution in [3.05, 3.63) is 53.6 Å².